The summed E-state index contributed by atoms with van der Waals surface area (Å²) < 4.78 is 28.6. The summed E-state index contributed by atoms with van der Waals surface area (Å²) in [5, 5.41) is 6.41. The van der Waals surface area contributed by atoms with Crippen molar-refractivity contribution in [2.24, 2.45) is 10.9 Å². The van der Waals surface area contributed by atoms with Crippen LogP contribution in [0.3, 0.4) is 0 Å². The van der Waals surface area contributed by atoms with E-state index in [0.717, 1.165) is 19.6 Å². The zero-order valence-electron chi connectivity index (χ0n) is 14.0. The molecule has 1 heterocycles. The van der Waals surface area contributed by atoms with E-state index in [1.807, 2.05) is 6.92 Å². The third-order valence-electron chi connectivity index (χ3n) is 3.64. The molecule has 0 aromatic rings. The minimum Gasteiger partial charge on any atom is -0.378 e. The zero-order valence-corrected chi connectivity index (χ0v) is 17.1. The van der Waals surface area contributed by atoms with Crippen molar-refractivity contribution in [1.82, 2.24) is 10.6 Å². The van der Waals surface area contributed by atoms with Crippen molar-refractivity contribution in [3.8, 4) is 0 Å². The minimum absolute atomic E-state index is 0. The van der Waals surface area contributed by atoms with Crippen molar-refractivity contribution < 1.29 is 13.2 Å². The molecule has 1 aliphatic heterocycles. The lowest BCUT2D eigenvalue weighted by atomic mass is 10.0. The average molecular weight is 447 g/mol. The van der Waals surface area contributed by atoms with Gasteiger partial charge in [0.15, 0.2) is 15.8 Å². The largest absolute Gasteiger partial charge is 0.378 e. The SMILES string of the molecule is CCOC(CCNC(=NC)NC1CCS(=O)(=O)C1)C(C)C.I. The number of guanidine groups is 1. The number of hydrogen-bond acceptors (Lipinski definition) is 4. The molecule has 8 heteroatoms. The van der Waals surface area contributed by atoms with Gasteiger partial charge in [-0.2, -0.15) is 0 Å². The second-order valence-corrected chi connectivity index (χ2v) is 8.00. The molecule has 0 radical (unpaired) electrons. The van der Waals surface area contributed by atoms with E-state index in [0.29, 0.717) is 18.3 Å². The molecule has 1 rings (SSSR count). The van der Waals surface area contributed by atoms with E-state index in [1.165, 1.54) is 0 Å². The van der Waals surface area contributed by atoms with E-state index in [2.05, 4.69) is 29.5 Å². The molecule has 0 saturated carbocycles. The molecule has 2 N–H and O–H groups in total. The van der Waals surface area contributed by atoms with Crippen LogP contribution in [0.1, 0.15) is 33.6 Å². The Labute approximate surface area is 151 Å². The van der Waals surface area contributed by atoms with Gasteiger partial charge in [-0.05, 0) is 25.7 Å². The van der Waals surface area contributed by atoms with Gasteiger partial charge in [0.1, 0.15) is 0 Å². The maximum Gasteiger partial charge on any atom is 0.191 e. The standard InChI is InChI=1S/C14H29N3O3S.HI/c1-5-20-13(11(2)3)6-8-16-14(15-4)17-12-7-9-21(18,19)10-12;/h11-13H,5-10H2,1-4H3,(H2,15,16,17);1H. The van der Waals surface area contributed by atoms with Crippen LogP contribution in [0.2, 0.25) is 0 Å². The van der Waals surface area contributed by atoms with Gasteiger partial charge in [0.25, 0.3) is 0 Å². The topological polar surface area (TPSA) is 79.8 Å². The van der Waals surface area contributed by atoms with E-state index < -0.39 is 9.84 Å². The van der Waals surface area contributed by atoms with Gasteiger partial charge in [-0.25, -0.2) is 8.42 Å². The van der Waals surface area contributed by atoms with Crippen LogP contribution in [0, 0.1) is 5.92 Å². The maximum absolute atomic E-state index is 11.4. The lowest BCUT2D eigenvalue weighted by molar-refractivity contribution is 0.0258. The van der Waals surface area contributed by atoms with E-state index in [-0.39, 0.29) is 47.6 Å². The van der Waals surface area contributed by atoms with Crippen molar-refractivity contribution in [1.29, 1.82) is 0 Å². The third kappa shape index (κ3) is 7.96. The Bertz CT molecular complexity index is 441. The second kappa shape index (κ2) is 10.6. The van der Waals surface area contributed by atoms with Crippen LogP contribution in [0.4, 0.5) is 0 Å². The van der Waals surface area contributed by atoms with Gasteiger partial charge in [0, 0.05) is 26.2 Å². The molecular formula is C14H30IN3O3S. The molecule has 0 aromatic heterocycles. The molecule has 1 saturated heterocycles. The van der Waals surface area contributed by atoms with Crippen molar-refractivity contribution in [3.63, 3.8) is 0 Å². The Kier molecular flexibility index (Phi) is 10.6. The molecule has 0 amide bonds. The molecule has 132 valence electrons. The first-order valence-corrected chi connectivity index (χ1v) is 9.49. The Morgan fingerprint density at radius 3 is 2.55 bits per heavy atom. The highest BCUT2D eigenvalue weighted by molar-refractivity contribution is 14.0. The first-order chi connectivity index (χ1) is 9.88. The molecule has 2 atom stereocenters. The van der Waals surface area contributed by atoms with Gasteiger partial charge in [0.2, 0.25) is 0 Å². The monoisotopic (exact) mass is 447 g/mol. The van der Waals surface area contributed by atoms with Gasteiger partial charge in [-0.3, -0.25) is 4.99 Å². The van der Waals surface area contributed by atoms with Crippen LogP contribution in [0.15, 0.2) is 4.99 Å². The fourth-order valence-corrected chi connectivity index (χ4v) is 4.13. The number of rotatable bonds is 7. The number of sulfone groups is 1. The Morgan fingerprint density at radius 1 is 1.41 bits per heavy atom. The summed E-state index contributed by atoms with van der Waals surface area (Å²) in [5.74, 6) is 1.60. The molecule has 2 unspecified atom stereocenters. The first kappa shape index (κ1) is 21.9. The van der Waals surface area contributed by atoms with E-state index in [9.17, 15) is 8.42 Å². The molecule has 1 aliphatic rings. The predicted octanol–water partition coefficient (Wildman–Crippen LogP) is 1.41. The van der Waals surface area contributed by atoms with Crippen LogP contribution < -0.4 is 10.6 Å². The quantitative estimate of drug-likeness (QED) is 0.351. The number of halogens is 1. The number of hydrogen-bond donors (Lipinski definition) is 2. The van der Waals surface area contributed by atoms with Gasteiger partial charge < -0.3 is 15.4 Å². The fourth-order valence-electron chi connectivity index (χ4n) is 2.45. The predicted molar refractivity (Wildman–Crippen MR) is 102 cm³/mol. The summed E-state index contributed by atoms with van der Waals surface area (Å²) >= 11 is 0. The number of ether oxygens (including phenoxy) is 1. The molecule has 0 spiro atoms. The Morgan fingerprint density at radius 2 is 2.09 bits per heavy atom. The molecule has 6 nitrogen and oxygen atoms in total. The van der Waals surface area contributed by atoms with Gasteiger partial charge in [-0.1, -0.05) is 13.8 Å². The summed E-state index contributed by atoms with van der Waals surface area (Å²) in [5.41, 5.74) is 0. The van der Waals surface area contributed by atoms with E-state index in [1.54, 1.807) is 7.05 Å². The normalized spacial score (nSPS) is 22.2. The van der Waals surface area contributed by atoms with Crippen LogP contribution in [0.5, 0.6) is 0 Å². The molecule has 0 aromatic carbocycles. The van der Waals surface area contributed by atoms with E-state index >= 15 is 0 Å². The maximum atomic E-state index is 11.4. The lowest BCUT2D eigenvalue weighted by Gasteiger charge is -2.22. The van der Waals surface area contributed by atoms with Crippen molar-refractivity contribution in [2.75, 3.05) is 31.7 Å². The van der Waals surface area contributed by atoms with Crippen molar-refractivity contribution in [3.05, 3.63) is 0 Å². The van der Waals surface area contributed by atoms with Gasteiger partial charge in [0.05, 0.1) is 17.6 Å². The highest BCUT2D eigenvalue weighted by Crippen LogP contribution is 2.11. The van der Waals surface area contributed by atoms with Crippen LogP contribution in [-0.2, 0) is 14.6 Å². The van der Waals surface area contributed by atoms with Crippen molar-refractivity contribution >= 4 is 39.8 Å². The van der Waals surface area contributed by atoms with Crippen molar-refractivity contribution in [2.45, 2.75) is 45.8 Å². The molecule has 0 aliphatic carbocycles. The number of nitrogens with one attached hydrogen (secondary N) is 2. The fraction of sp³-hybridized carbons (Fsp3) is 0.929. The summed E-state index contributed by atoms with van der Waals surface area (Å²) in [7, 11) is -1.17. The second-order valence-electron chi connectivity index (χ2n) is 5.77. The molecule has 0 bridgehead atoms. The average Bonchev–Trinajstić information content (AvgIpc) is 2.75. The molecule has 1 fully saturated rings. The van der Waals surface area contributed by atoms with Crippen LogP contribution in [-0.4, -0.2) is 58.2 Å². The summed E-state index contributed by atoms with van der Waals surface area (Å²) in [6, 6.07) is -0.0333. The summed E-state index contributed by atoms with van der Waals surface area (Å²) in [6.45, 7) is 7.77. The highest BCUT2D eigenvalue weighted by atomic mass is 127. The number of aliphatic imine (C=N–C) groups is 1. The molecule has 22 heavy (non-hydrogen) atoms. The van der Waals surface area contributed by atoms with Crippen LogP contribution in [0.25, 0.3) is 0 Å². The summed E-state index contributed by atoms with van der Waals surface area (Å²) in [4.78, 5) is 4.15. The number of nitrogens with zero attached hydrogens (tertiary/aromatic N) is 1. The third-order valence-corrected chi connectivity index (χ3v) is 5.41. The first-order valence-electron chi connectivity index (χ1n) is 7.67. The minimum atomic E-state index is -2.87. The molecular weight excluding hydrogens is 417 g/mol. The van der Waals surface area contributed by atoms with Gasteiger partial charge in [-0.15, -0.1) is 24.0 Å². The van der Waals surface area contributed by atoms with E-state index in [4.69, 9.17) is 4.74 Å². The van der Waals surface area contributed by atoms with Gasteiger partial charge >= 0.3 is 0 Å². The highest BCUT2D eigenvalue weighted by Gasteiger charge is 2.28. The Balaban J connectivity index is 0.00000441. The smallest absolute Gasteiger partial charge is 0.191 e. The summed E-state index contributed by atoms with van der Waals surface area (Å²) in [6.07, 6.45) is 1.78. The lowest BCUT2D eigenvalue weighted by Crippen LogP contribution is -2.44. The zero-order chi connectivity index (χ0) is 15.9. The van der Waals surface area contributed by atoms with Crippen LogP contribution >= 0.6 is 24.0 Å². The Hall–Kier alpha value is -0.0900.